The van der Waals surface area contributed by atoms with Crippen molar-refractivity contribution in [2.45, 2.75) is 19.4 Å². The van der Waals surface area contributed by atoms with Gasteiger partial charge in [-0.25, -0.2) is 0 Å². The molecule has 0 radical (unpaired) electrons. The van der Waals surface area contributed by atoms with E-state index in [4.69, 9.17) is 4.74 Å². The van der Waals surface area contributed by atoms with Gasteiger partial charge < -0.3 is 15.0 Å². The first-order chi connectivity index (χ1) is 9.26. The van der Waals surface area contributed by atoms with Crippen molar-refractivity contribution in [3.05, 3.63) is 0 Å². The molecule has 1 rings (SSSR count). The summed E-state index contributed by atoms with van der Waals surface area (Å²) in [6.07, 6.45) is 1.54. The highest BCUT2D eigenvalue weighted by molar-refractivity contribution is 8.68. The zero-order valence-electron chi connectivity index (χ0n) is 12.3. The van der Waals surface area contributed by atoms with Crippen LogP contribution in [0.5, 0.6) is 0 Å². The predicted molar refractivity (Wildman–Crippen MR) is 88.3 cm³/mol. The van der Waals surface area contributed by atoms with Gasteiger partial charge >= 0.3 is 0 Å². The molecule has 1 N–H and O–H groups in total. The molecule has 1 saturated heterocycles. The Morgan fingerprint density at radius 1 is 1.47 bits per heavy atom. The molecule has 0 spiro atoms. The first-order valence-corrected chi connectivity index (χ1v) is 9.29. The maximum absolute atomic E-state index is 5.80. The van der Waals surface area contributed by atoms with Crippen LogP contribution < -0.4 is 5.32 Å². The molecule has 1 heterocycles. The Balaban J connectivity index is 2.12. The second-order valence-corrected chi connectivity index (χ2v) is 6.58. The Hall–Kier alpha value is 0.540. The lowest BCUT2D eigenvalue weighted by Gasteiger charge is -2.34. The van der Waals surface area contributed by atoms with Gasteiger partial charge in [0.1, 0.15) is 0 Å². The molecule has 4 nitrogen and oxygen atoms in total. The van der Waals surface area contributed by atoms with Crippen LogP contribution >= 0.6 is 22.5 Å². The van der Waals surface area contributed by atoms with Gasteiger partial charge in [-0.2, -0.15) is 0 Å². The van der Waals surface area contributed by atoms with E-state index in [1.807, 2.05) is 0 Å². The minimum Gasteiger partial charge on any atom is -0.374 e. The number of nitrogens with one attached hydrogen (secondary N) is 1. The minimum absolute atomic E-state index is 0.360. The van der Waals surface area contributed by atoms with E-state index in [1.54, 1.807) is 10.8 Å². The van der Waals surface area contributed by atoms with Gasteiger partial charge in [0.15, 0.2) is 0 Å². The third-order valence-corrected chi connectivity index (χ3v) is 4.30. The van der Waals surface area contributed by atoms with Crippen LogP contribution in [0.15, 0.2) is 0 Å². The molecule has 1 aliphatic rings. The highest BCUT2D eigenvalue weighted by Crippen LogP contribution is 2.06. The SMILES string of the molecule is CCCNC[C@@H]1CN(CCN(C)CCSS)CCO1. The normalized spacial score (nSPS) is 21.2. The summed E-state index contributed by atoms with van der Waals surface area (Å²) in [6.45, 7) is 10.6. The first-order valence-electron chi connectivity index (χ1n) is 7.25. The van der Waals surface area contributed by atoms with Crippen LogP contribution in [0.4, 0.5) is 0 Å². The number of morpholine rings is 1. The minimum atomic E-state index is 0.360. The molecule has 0 amide bonds. The van der Waals surface area contributed by atoms with Gasteiger partial charge in [0, 0.05) is 45.0 Å². The summed E-state index contributed by atoms with van der Waals surface area (Å²) in [5.41, 5.74) is 0. The Kier molecular flexibility index (Phi) is 10.4. The van der Waals surface area contributed by atoms with Gasteiger partial charge in [-0.15, -0.1) is 11.7 Å². The molecule has 0 aromatic rings. The molecular weight excluding hydrogens is 278 g/mol. The van der Waals surface area contributed by atoms with Gasteiger partial charge in [-0.1, -0.05) is 17.7 Å². The fraction of sp³-hybridized carbons (Fsp3) is 1.00. The number of thiol groups is 1. The standard InChI is InChI=1S/C13H29N3OS2/c1-3-4-14-11-13-12-16(7-9-17-13)6-5-15(2)8-10-19-18/h13-14,18H,3-12H2,1-2H3/t13-/m1/s1. The van der Waals surface area contributed by atoms with E-state index >= 15 is 0 Å². The zero-order valence-corrected chi connectivity index (χ0v) is 14.0. The van der Waals surface area contributed by atoms with Crippen molar-refractivity contribution in [1.29, 1.82) is 0 Å². The molecule has 1 atom stereocenters. The van der Waals surface area contributed by atoms with Gasteiger partial charge in [0.25, 0.3) is 0 Å². The molecule has 114 valence electrons. The van der Waals surface area contributed by atoms with Crippen LogP contribution in [0.25, 0.3) is 0 Å². The summed E-state index contributed by atoms with van der Waals surface area (Å²) in [5.74, 6) is 1.09. The van der Waals surface area contributed by atoms with Crippen LogP contribution in [0, 0.1) is 0 Å². The summed E-state index contributed by atoms with van der Waals surface area (Å²) >= 11 is 4.17. The number of hydrogen-bond acceptors (Lipinski definition) is 6. The van der Waals surface area contributed by atoms with Gasteiger partial charge in [0.2, 0.25) is 0 Å². The second kappa shape index (κ2) is 11.2. The molecule has 19 heavy (non-hydrogen) atoms. The van der Waals surface area contributed by atoms with Crippen LogP contribution in [-0.2, 0) is 4.74 Å². The van der Waals surface area contributed by atoms with Crippen LogP contribution in [-0.4, -0.2) is 81.1 Å². The summed E-state index contributed by atoms with van der Waals surface area (Å²) in [4.78, 5) is 4.90. The molecule has 0 bridgehead atoms. The highest BCUT2D eigenvalue weighted by Gasteiger charge is 2.19. The molecule has 0 aromatic heterocycles. The molecule has 1 fully saturated rings. The largest absolute Gasteiger partial charge is 0.374 e. The second-order valence-electron chi connectivity index (χ2n) is 5.13. The van der Waals surface area contributed by atoms with E-state index in [-0.39, 0.29) is 0 Å². The molecular formula is C13H29N3OS2. The van der Waals surface area contributed by atoms with Crippen molar-refractivity contribution in [3.63, 3.8) is 0 Å². The fourth-order valence-corrected chi connectivity index (χ4v) is 2.81. The Morgan fingerprint density at radius 3 is 3.05 bits per heavy atom. The molecule has 0 aliphatic carbocycles. The summed E-state index contributed by atoms with van der Waals surface area (Å²) in [5, 5.41) is 3.44. The lowest BCUT2D eigenvalue weighted by Crippen LogP contribution is -2.48. The van der Waals surface area contributed by atoms with Gasteiger partial charge in [-0.05, 0) is 20.0 Å². The lowest BCUT2D eigenvalue weighted by molar-refractivity contribution is -0.0284. The quantitative estimate of drug-likeness (QED) is 0.359. The first kappa shape index (κ1) is 17.6. The summed E-state index contributed by atoms with van der Waals surface area (Å²) < 4.78 is 5.80. The van der Waals surface area contributed by atoms with Crippen LogP contribution in [0.3, 0.4) is 0 Å². The number of likely N-dealkylation sites (N-methyl/N-ethyl adjacent to an activating group) is 1. The molecule has 0 unspecified atom stereocenters. The maximum Gasteiger partial charge on any atom is 0.0826 e. The van der Waals surface area contributed by atoms with E-state index in [0.29, 0.717) is 6.10 Å². The van der Waals surface area contributed by atoms with Crippen molar-refractivity contribution >= 4 is 22.5 Å². The van der Waals surface area contributed by atoms with Crippen molar-refractivity contribution in [3.8, 4) is 0 Å². The van der Waals surface area contributed by atoms with E-state index in [9.17, 15) is 0 Å². The van der Waals surface area contributed by atoms with E-state index < -0.39 is 0 Å². The molecule has 0 aromatic carbocycles. The third-order valence-electron chi connectivity index (χ3n) is 3.38. The lowest BCUT2D eigenvalue weighted by atomic mass is 10.2. The Labute approximate surface area is 127 Å². The smallest absolute Gasteiger partial charge is 0.0826 e. The number of hydrogen-bond donors (Lipinski definition) is 2. The molecule has 1 aliphatic heterocycles. The Bertz CT molecular complexity index is 222. The zero-order chi connectivity index (χ0) is 13.9. The fourth-order valence-electron chi connectivity index (χ4n) is 2.17. The molecule has 6 heteroatoms. The van der Waals surface area contributed by atoms with Crippen molar-refractivity contribution in [2.75, 3.05) is 65.2 Å². The van der Waals surface area contributed by atoms with Crippen molar-refractivity contribution in [1.82, 2.24) is 15.1 Å². The van der Waals surface area contributed by atoms with Gasteiger partial charge in [-0.3, -0.25) is 4.90 Å². The average Bonchev–Trinajstić information content (AvgIpc) is 2.44. The topological polar surface area (TPSA) is 27.7 Å². The predicted octanol–water partition coefficient (Wildman–Crippen LogP) is 1.20. The number of nitrogens with zero attached hydrogens (tertiary/aromatic N) is 2. The van der Waals surface area contributed by atoms with Crippen molar-refractivity contribution < 1.29 is 4.74 Å². The number of ether oxygens (including phenoxy) is 1. The summed E-state index contributed by atoms with van der Waals surface area (Å²) in [7, 11) is 3.80. The molecule has 0 saturated carbocycles. The average molecular weight is 308 g/mol. The van der Waals surface area contributed by atoms with E-state index in [1.165, 1.54) is 6.42 Å². The van der Waals surface area contributed by atoms with Crippen molar-refractivity contribution in [2.24, 2.45) is 0 Å². The highest BCUT2D eigenvalue weighted by atomic mass is 33.1. The third kappa shape index (κ3) is 8.42. The van der Waals surface area contributed by atoms with Crippen LogP contribution in [0.1, 0.15) is 13.3 Å². The van der Waals surface area contributed by atoms with Gasteiger partial charge in [0.05, 0.1) is 12.7 Å². The monoisotopic (exact) mass is 307 g/mol. The van der Waals surface area contributed by atoms with E-state index in [2.05, 4.69) is 40.7 Å². The Morgan fingerprint density at radius 2 is 2.32 bits per heavy atom. The summed E-state index contributed by atoms with van der Waals surface area (Å²) in [6, 6.07) is 0. The van der Waals surface area contributed by atoms with Crippen LogP contribution in [0.2, 0.25) is 0 Å². The maximum atomic E-state index is 5.80. The number of rotatable bonds is 10. The van der Waals surface area contributed by atoms with E-state index in [0.717, 1.165) is 58.2 Å².